The fourth-order valence-electron chi connectivity index (χ4n) is 1.50. The Balaban J connectivity index is 1.79. The van der Waals surface area contributed by atoms with Crippen molar-refractivity contribution in [2.75, 3.05) is 13.2 Å². The molecule has 2 rings (SSSR count). The van der Waals surface area contributed by atoms with Crippen LogP contribution in [0.2, 0.25) is 0 Å². The zero-order valence-corrected chi connectivity index (χ0v) is 8.89. The fourth-order valence-corrected chi connectivity index (χ4v) is 1.50. The first-order valence-electron chi connectivity index (χ1n) is 5.30. The highest BCUT2D eigenvalue weighted by molar-refractivity contribution is 5.92. The Morgan fingerprint density at radius 3 is 3.25 bits per heavy atom. The first-order chi connectivity index (χ1) is 7.86. The molecule has 0 saturated carbocycles. The Morgan fingerprint density at radius 2 is 2.56 bits per heavy atom. The van der Waals surface area contributed by atoms with Gasteiger partial charge in [0.05, 0.1) is 12.2 Å². The van der Waals surface area contributed by atoms with Crippen molar-refractivity contribution in [3.63, 3.8) is 0 Å². The van der Waals surface area contributed by atoms with Gasteiger partial charge in [-0.05, 0) is 25.0 Å². The minimum absolute atomic E-state index is 0.0469. The molecule has 0 radical (unpaired) electrons. The van der Waals surface area contributed by atoms with Crippen molar-refractivity contribution >= 4 is 5.91 Å². The molecule has 0 bridgehead atoms. The summed E-state index contributed by atoms with van der Waals surface area (Å²) in [5.74, 6) is -0.279. The van der Waals surface area contributed by atoms with Crippen LogP contribution in [0.25, 0.3) is 0 Å². The van der Waals surface area contributed by atoms with Gasteiger partial charge in [0.15, 0.2) is 0 Å². The van der Waals surface area contributed by atoms with Crippen LogP contribution < -0.4 is 5.48 Å². The highest BCUT2D eigenvalue weighted by Crippen LogP contribution is 2.08. The number of hydrogen-bond donors (Lipinski definition) is 1. The van der Waals surface area contributed by atoms with Crippen LogP contribution in [0.15, 0.2) is 24.5 Å². The van der Waals surface area contributed by atoms with E-state index >= 15 is 0 Å². The zero-order valence-electron chi connectivity index (χ0n) is 8.89. The van der Waals surface area contributed by atoms with Gasteiger partial charge < -0.3 is 4.74 Å². The summed E-state index contributed by atoms with van der Waals surface area (Å²) in [5, 5.41) is 0. The molecule has 0 spiro atoms. The molecule has 1 fully saturated rings. The van der Waals surface area contributed by atoms with Gasteiger partial charge in [-0.2, -0.15) is 0 Å². The lowest BCUT2D eigenvalue weighted by Gasteiger charge is -2.21. The number of aromatic nitrogens is 1. The van der Waals surface area contributed by atoms with E-state index in [1.807, 2.05) is 0 Å². The molecule has 1 aromatic rings. The fraction of sp³-hybridized carbons (Fsp3) is 0.455. The molecule has 1 aliphatic rings. The van der Waals surface area contributed by atoms with Gasteiger partial charge in [-0.1, -0.05) is 0 Å². The molecular formula is C11H14N2O3. The van der Waals surface area contributed by atoms with Crippen LogP contribution in [0.4, 0.5) is 0 Å². The van der Waals surface area contributed by atoms with Gasteiger partial charge in [-0.25, -0.2) is 5.48 Å². The van der Waals surface area contributed by atoms with Gasteiger partial charge >= 0.3 is 0 Å². The summed E-state index contributed by atoms with van der Waals surface area (Å²) in [6.45, 7) is 1.31. The van der Waals surface area contributed by atoms with Crippen LogP contribution in [-0.2, 0) is 9.57 Å². The van der Waals surface area contributed by atoms with Crippen molar-refractivity contribution in [1.82, 2.24) is 10.5 Å². The van der Waals surface area contributed by atoms with Crippen molar-refractivity contribution in [3.05, 3.63) is 30.1 Å². The minimum Gasteiger partial charge on any atom is -0.379 e. The highest BCUT2D eigenvalue weighted by atomic mass is 16.7. The number of rotatable bonds is 3. The molecule has 5 heteroatoms. The maximum atomic E-state index is 11.6. The molecule has 1 saturated heterocycles. The molecule has 86 valence electrons. The Hall–Kier alpha value is -1.46. The molecule has 16 heavy (non-hydrogen) atoms. The van der Waals surface area contributed by atoms with E-state index in [2.05, 4.69) is 10.5 Å². The van der Waals surface area contributed by atoms with E-state index in [1.54, 1.807) is 18.3 Å². The molecule has 1 aliphatic heterocycles. The molecule has 1 amide bonds. The van der Waals surface area contributed by atoms with E-state index in [0.717, 1.165) is 19.4 Å². The maximum absolute atomic E-state index is 11.6. The Kier molecular flexibility index (Phi) is 3.85. The van der Waals surface area contributed by atoms with Crippen LogP contribution in [0, 0.1) is 0 Å². The number of ether oxygens (including phenoxy) is 1. The predicted octanol–water partition coefficient (Wildman–Crippen LogP) is 0.922. The second-order valence-corrected chi connectivity index (χ2v) is 3.63. The van der Waals surface area contributed by atoms with E-state index in [1.165, 1.54) is 6.20 Å². The summed E-state index contributed by atoms with van der Waals surface area (Å²) >= 11 is 0. The number of hydrogen-bond acceptors (Lipinski definition) is 4. The summed E-state index contributed by atoms with van der Waals surface area (Å²) in [6, 6.07) is 3.39. The van der Waals surface area contributed by atoms with Crippen LogP contribution in [0.3, 0.4) is 0 Å². The van der Waals surface area contributed by atoms with Crippen molar-refractivity contribution < 1.29 is 14.4 Å². The van der Waals surface area contributed by atoms with Crippen LogP contribution in [0.1, 0.15) is 23.2 Å². The number of carbonyl (C=O) groups excluding carboxylic acids is 1. The third-order valence-corrected chi connectivity index (χ3v) is 2.36. The number of carbonyl (C=O) groups is 1. The second kappa shape index (κ2) is 5.58. The summed E-state index contributed by atoms with van der Waals surface area (Å²) in [6.07, 6.45) is 4.94. The topological polar surface area (TPSA) is 60.5 Å². The molecule has 0 aromatic carbocycles. The molecule has 1 unspecified atom stereocenters. The molecule has 1 atom stereocenters. The first-order valence-corrected chi connectivity index (χ1v) is 5.30. The summed E-state index contributed by atoms with van der Waals surface area (Å²) in [7, 11) is 0. The number of pyridine rings is 1. The summed E-state index contributed by atoms with van der Waals surface area (Å²) in [5.41, 5.74) is 2.90. The van der Waals surface area contributed by atoms with Gasteiger partial charge in [0.2, 0.25) is 0 Å². The van der Waals surface area contributed by atoms with E-state index in [4.69, 9.17) is 9.57 Å². The summed E-state index contributed by atoms with van der Waals surface area (Å²) in [4.78, 5) is 20.7. The Morgan fingerprint density at radius 1 is 1.62 bits per heavy atom. The SMILES string of the molecule is O=C(NOC1CCCOC1)c1cccnc1. The standard InChI is InChI=1S/C11H14N2O3/c14-11(9-3-1-5-12-7-9)13-16-10-4-2-6-15-8-10/h1,3,5,7,10H,2,4,6,8H2,(H,13,14). The molecule has 1 aromatic heterocycles. The lowest BCUT2D eigenvalue weighted by atomic mass is 10.2. The van der Waals surface area contributed by atoms with E-state index in [-0.39, 0.29) is 12.0 Å². The van der Waals surface area contributed by atoms with Crippen LogP contribution in [0.5, 0.6) is 0 Å². The van der Waals surface area contributed by atoms with Crippen molar-refractivity contribution in [2.24, 2.45) is 0 Å². The van der Waals surface area contributed by atoms with Crippen molar-refractivity contribution in [1.29, 1.82) is 0 Å². The molecule has 5 nitrogen and oxygen atoms in total. The van der Waals surface area contributed by atoms with Gasteiger partial charge in [-0.15, -0.1) is 0 Å². The number of nitrogens with zero attached hydrogens (tertiary/aromatic N) is 1. The monoisotopic (exact) mass is 222 g/mol. The van der Waals surface area contributed by atoms with Gasteiger partial charge in [0, 0.05) is 19.0 Å². The average molecular weight is 222 g/mol. The Labute approximate surface area is 93.7 Å². The van der Waals surface area contributed by atoms with Crippen molar-refractivity contribution in [2.45, 2.75) is 18.9 Å². The average Bonchev–Trinajstić information content (AvgIpc) is 2.38. The van der Waals surface area contributed by atoms with Crippen molar-refractivity contribution in [3.8, 4) is 0 Å². The smallest absolute Gasteiger partial charge is 0.276 e. The summed E-state index contributed by atoms with van der Waals surface area (Å²) < 4.78 is 5.23. The van der Waals surface area contributed by atoms with E-state index in [9.17, 15) is 4.79 Å². The number of nitrogens with one attached hydrogen (secondary N) is 1. The van der Waals surface area contributed by atoms with E-state index in [0.29, 0.717) is 12.2 Å². The largest absolute Gasteiger partial charge is 0.379 e. The molecule has 1 N–H and O–H groups in total. The van der Waals surface area contributed by atoms with Crippen LogP contribution in [-0.4, -0.2) is 30.2 Å². The van der Waals surface area contributed by atoms with E-state index < -0.39 is 0 Å². The number of amides is 1. The van der Waals surface area contributed by atoms with Gasteiger partial charge in [0.25, 0.3) is 5.91 Å². The molecule has 0 aliphatic carbocycles. The minimum atomic E-state index is -0.279. The lowest BCUT2D eigenvalue weighted by Crippen LogP contribution is -2.34. The lowest BCUT2D eigenvalue weighted by molar-refractivity contribution is -0.0823. The first kappa shape index (κ1) is 11.0. The van der Waals surface area contributed by atoms with Gasteiger partial charge in [-0.3, -0.25) is 14.6 Å². The number of hydroxylamine groups is 1. The maximum Gasteiger partial charge on any atom is 0.276 e. The van der Waals surface area contributed by atoms with Gasteiger partial charge in [0.1, 0.15) is 6.10 Å². The quantitative estimate of drug-likeness (QED) is 0.773. The zero-order chi connectivity index (χ0) is 11.2. The third kappa shape index (κ3) is 3.01. The molecule has 2 heterocycles. The van der Waals surface area contributed by atoms with Crippen LogP contribution >= 0.6 is 0 Å². The third-order valence-electron chi connectivity index (χ3n) is 2.36. The Bertz CT molecular complexity index is 336. The molecular weight excluding hydrogens is 208 g/mol. The second-order valence-electron chi connectivity index (χ2n) is 3.63. The normalized spacial score (nSPS) is 20.4. The predicted molar refractivity (Wildman–Crippen MR) is 56.6 cm³/mol. The highest BCUT2D eigenvalue weighted by Gasteiger charge is 2.16.